The van der Waals surface area contributed by atoms with E-state index in [9.17, 15) is 13.6 Å². The van der Waals surface area contributed by atoms with E-state index >= 15 is 0 Å². The Labute approximate surface area is 88.8 Å². The molecular weight excluding hydrogens is 235 g/mol. The summed E-state index contributed by atoms with van der Waals surface area (Å²) in [7, 11) is 0. The van der Waals surface area contributed by atoms with E-state index in [2.05, 4.69) is 4.98 Å². The zero-order valence-corrected chi connectivity index (χ0v) is 8.32. The number of hydrogen-bond donors (Lipinski definition) is 0. The van der Waals surface area contributed by atoms with Crippen molar-refractivity contribution in [1.82, 2.24) is 4.98 Å². The first-order chi connectivity index (χ1) is 6.57. The van der Waals surface area contributed by atoms with Crippen molar-refractivity contribution in [2.45, 2.75) is 12.3 Å². The highest BCUT2D eigenvalue weighted by Gasteiger charge is 2.21. The van der Waals surface area contributed by atoms with Crippen LogP contribution in [0, 0.1) is 0 Å². The average Bonchev–Trinajstić information content (AvgIpc) is 2.16. The van der Waals surface area contributed by atoms with Crippen LogP contribution in [0.2, 0.25) is 0 Å². The average molecular weight is 240 g/mol. The third kappa shape index (κ3) is 2.19. The molecule has 0 fully saturated rings. The maximum Gasteiger partial charge on any atom is 0.271 e. The second kappa shape index (κ2) is 4.66. The van der Waals surface area contributed by atoms with Gasteiger partial charge in [-0.3, -0.25) is 9.78 Å². The molecule has 0 spiro atoms. The predicted molar refractivity (Wildman–Crippen MR) is 48.9 cm³/mol. The normalized spacial score (nSPS) is 10.6. The second-order valence-electron chi connectivity index (χ2n) is 2.44. The van der Waals surface area contributed by atoms with Gasteiger partial charge in [-0.05, 0) is 23.2 Å². The number of carbonyl (C=O) groups is 1. The van der Waals surface area contributed by atoms with Crippen molar-refractivity contribution in [1.29, 1.82) is 0 Å². The molecule has 0 amide bonds. The maximum absolute atomic E-state index is 12.5. The van der Waals surface area contributed by atoms with E-state index in [1.54, 1.807) is 0 Å². The summed E-state index contributed by atoms with van der Waals surface area (Å²) in [5.74, 6) is -0.112. The van der Waals surface area contributed by atoms with Gasteiger partial charge in [-0.1, -0.05) is 0 Å². The van der Waals surface area contributed by atoms with Crippen molar-refractivity contribution in [2.24, 2.45) is 0 Å². The van der Waals surface area contributed by atoms with Crippen molar-refractivity contribution in [3.63, 3.8) is 0 Å². The molecule has 0 saturated heterocycles. The number of halogens is 4. The lowest BCUT2D eigenvalue weighted by molar-refractivity contribution is 0.106. The molecule has 0 atom stereocenters. The first kappa shape index (κ1) is 11.3. The molecule has 1 rings (SSSR count). The highest BCUT2D eigenvalue weighted by atomic mass is 35.5. The molecule has 0 N–H and O–H groups in total. The molecule has 0 aliphatic rings. The van der Waals surface area contributed by atoms with Gasteiger partial charge in [0.2, 0.25) is 0 Å². The molecular formula is C8H5Cl2F2NO. The van der Waals surface area contributed by atoms with Gasteiger partial charge in [-0.15, -0.1) is 11.6 Å². The van der Waals surface area contributed by atoms with Crippen LogP contribution in [0.3, 0.4) is 0 Å². The molecule has 6 heteroatoms. The standard InChI is InChI=1S/C8H5Cl2F2NO/c9-3-4-1-2-13-6(7(10)14)5(4)8(11)12/h1-2,8H,3H2. The Morgan fingerprint density at radius 1 is 1.57 bits per heavy atom. The number of rotatable bonds is 3. The summed E-state index contributed by atoms with van der Waals surface area (Å²) < 4.78 is 25.1. The van der Waals surface area contributed by atoms with E-state index in [0.29, 0.717) is 0 Å². The highest BCUT2D eigenvalue weighted by molar-refractivity contribution is 6.67. The molecule has 76 valence electrons. The minimum Gasteiger partial charge on any atom is -0.274 e. The molecule has 0 bridgehead atoms. The molecule has 0 saturated carbocycles. The van der Waals surface area contributed by atoms with E-state index in [1.165, 1.54) is 12.3 Å². The summed E-state index contributed by atoms with van der Waals surface area (Å²) >= 11 is 10.5. The number of aromatic nitrogens is 1. The van der Waals surface area contributed by atoms with E-state index in [1.807, 2.05) is 0 Å². The Bertz CT molecular complexity index is 357. The number of hydrogen-bond acceptors (Lipinski definition) is 2. The molecule has 1 aromatic rings. The second-order valence-corrected chi connectivity index (χ2v) is 3.05. The summed E-state index contributed by atoms with van der Waals surface area (Å²) in [5, 5.41) is -1.01. The predicted octanol–water partition coefficient (Wildman–Crippen LogP) is 3.14. The highest BCUT2D eigenvalue weighted by Crippen LogP contribution is 2.27. The fraction of sp³-hybridized carbons (Fsp3) is 0.250. The van der Waals surface area contributed by atoms with Crippen LogP contribution in [0.1, 0.15) is 28.0 Å². The van der Waals surface area contributed by atoms with Gasteiger partial charge in [0.25, 0.3) is 11.7 Å². The van der Waals surface area contributed by atoms with Gasteiger partial charge in [0, 0.05) is 12.1 Å². The summed E-state index contributed by atoms with van der Waals surface area (Å²) in [6.45, 7) is 0. The Kier molecular flexibility index (Phi) is 3.77. The van der Waals surface area contributed by atoms with Crippen LogP contribution in [0.15, 0.2) is 12.3 Å². The van der Waals surface area contributed by atoms with E-state index in [4.69, 9.17) is 23.2 Å². The van der Waals surface area contributed by atoms with Gasteiger partial charge in [0.1, 0.15) is 5.69 Å². The van der Waals surface area contributed by atoms with E-state index in [-0.39, 0.29) is 11.4 Å². The summed E-state index contributed by atoms with van der Waals surface area (Å²) in [6, 6.07) is 1.33. The molecule has 1 heterocycles. The molecule has 1 aromatic heterocycles. The number of nitrogens with zero attached hydrogens (tertiary/aromatic N) is 1. The Morgan fingerprint density at radius 2 is 2.21 bits per heavy atom. The topological polar surface area (TPSA) is 30.0 Å². The summed E-state index contributed by atoms with van der Waals surface area (Å²) in [4.78, 5) is 14.3. The number of alkyl halides is 3. The molecule has 0 radical (unpaired) electrons. The Balaban J connectivity index is 3.35. The summed E-state index contributed by atoms with van der Waals surface area (Å²) in [6.07, 6.45) is -1.59. The van der Waals surface area contributed by atoms with Crippen LogP contribution in [0.4, 0.5) is 8.78 Å². The van der Waals surface area contributed by atoms with Gasteiger partial charge >= 0.3 is 0 Å². The number of carbonyl (C=O) groups excluding carboxylic acids is 1. The molecule has 0 aliphatic heterocycles. The van der Waals surface area contributed by atoms with Crippen LogP contribution >= 0.6 is 23.2 Å². The smallest absolute Gasteiger partial charge is 0.271 e. The van der Waals surface area contributed by atoms with Gasteiger partial charge in [-0.25, -0.2) is 8.78 Å². The maximum atomic E-state index is 12.5. The molecule has 0 aromatic carbocycles. The fourth-order valence-corrected chi connectivity index (χ4v) is 1.41. The molecule has 0 aliphatic carbocycles. The molecule has 0 unspecified atom stereocenters. The quantitative estimate of drug-likeness (QED) is 0.600. The van der Waals surface area contributed by atoms with Gasteiger partial charge in [-0.2, -0.15) is 0 Å². The van der Waals surface area contributed by atoms with Gasteiger partial charge in [0.05, 0.1) is 5.56 Å². The van der Waals surface area contributed by atoms with Crippen molar-refractivity contribution in [3.05, 3.63) is 29.1 Å². The minimum absolute atomic E-state index is 0.112. The van der Waals surface area contributed by atoms with Crippen molar-refractivity contribution < 1.29 is 13.6 Å². The van der Waals surface area contributed by atoms with Gasteiger partial charge < -0.3 is 0 Å². The fourth-order valence-electron chi connectivity index (χ4n) is 1.03. The summed E-state index contributed by atoms with van der Waals surface area (Å²) in [5.41, 5.74) is -0.747. The van der Waals surface area contributed by atoms with E-state index in [0.717, 1.165) is 0 Å². The van der Waals surface area contributed by atoms with Crippen LogP contribution in [0.5, 0.6) is 0 Å². The van der Waals surface area contributed by atoms with Crippen LogP contribution < -0.4 is 0 Å². The van der Waals surface area contributed by atoms with Crippen molar-refractivity contribution in [2.75, 3.05) is 0 Å². The Morgan fingerprint density at radius 3 is 2.64 bits per heavy atom. The van der Waals surface area contributed by atoms with Crippen LogP contribution in [0.25, 0.3) is 0 Å². The third-order valence-electron chi connectivity index (χ3n) is 1.63. The lowest BCUT2D eigenvalue weighted by Crippen LogP contribution is -2.05. The van der Waals surface area contributed by atoms with Crippen LogP contribution in [-0.2, 0) is 5.88 Å². The monoisotopic (exact) mass is 239 g/mol. The van der Waals surface area contributed by atoms with E-state index < -0.39 is 22.9 Å². The minimum atomic E-state index is -2.81. The first-order valence-corrected chi connectivity index (χ1v) is 4.51. The number of pyridine rings is 1. The molecule has 14 heavy (non-hydrogen) atoms. The lowest BCUT2D eigenvalue weighted by Gasteiger charge is -2.08. The van der Waals surface area contributed by atoms with Crippen LogP contribution in [-0.4, -0.2) is 10.2 Å². The third-order valence-corrected chi connectivity index (χ3v) is 2.10. The molecule has 2 nitrogen and oxygen atoms in total. The van der Waals surface area contributed by atoms with Crippen molar-refractivity contribution >= 4 is 28.4 Å². The Hall–Kier alpha value is -0.740. The van der Waals surface area contributed by atoms with Gasteiger partial charge in [0.15, 0.2) is 0 Å². The SMILES string of the molecule is O=C(Cl)c1nccc(CCl)c1C(F)F. The lowest BCUT2D eigenvalue weighted by atomic mass is 10.1. The zero-order valence-electron chi connectivity index (χ0n) is 6.81. The van der Waals surface area contributed by atoms with Crippen molar-refractivity contribution in [3.8, 4) is 0 Å². The largest absolute Gasteiger partial charge is 0.274 e. The zero-order chi connectivity index (χ0) is 10.7. The first-order valence-electron chi connectivity index (χ1n) is 3.59.